The minimum absolute atomic E-state index is 0.0735. The van der Waals surface area contributed by atoms with E-state index in [1.165, 1.54) is 37.9 Å². The Balaban J connectivity index is 1.63. The van der Waals surface area contributed by atoms with Crippen molar-refractivity contribution < 1.29 is 4.79 Å². The summed E-state index contributed by atoms with van der Waals surface area (Å²) in [5.74, 6) is 0.183. The first-order valence-corrected chi connectivity index (χ1v) is 10.3. The predicted molar refractivity (Wildman–Crippen MR) is 113 cm³/mol. The average Bonchev–Trinajstić information content (AvgIpc) is 2.68. The fourth-order valence-corrected chi connectivity index (χ4v) is 3.99. The fraction of sp³-hybridized carbons (Fsp3) is 0.458. The van der Waals surface area contributed by atoms with Crippen molar-refractivity contribution in [1.82, 2.24) is 4.90 Å². The number of benzene rings is 2. The average molecular weight is 365 g/mol. The van der Waals surface area contributed by atoms with Gasteiger partial charge in [-0.25, -0.2) is 0 Å². The summed E-state index contributed by atoms with van der Waals surface area (Å²) in [6.45, 7) is 7.77. The zero-order chi connectivity index (χ0) is 19.1. The summed E-state index contributed by atoms with van der Waals surface area (Å²) in [4.78, 5) is 15.5. The molecule has 1 heterocycles. The Morgan fingerprint density at radius 2 is 1.74 bits per heavy atom. The van der Waals surface area contributed by atoms with Gasteiger partial charge in [-0.05, 0) is 61.5 Å². The first-order valence-electron chi connectivity index (χ1n) is 10.3. The number of nitrogens with zero attached hydrogens (tertiary/aromatic N) is 1. The van der Waals surface area contributed by atoms with Crippen LogP contribution in [0.2, 0.25) is 0 Å². The molecule has 1 fully saturated rings. The molecule has 1 unspecified atom stereocenters. The lowest BCUT2D eigenvalue weighted by molar-refractivity contribution is -0.118. The van der Waals surface area contributed by atoms with E-state index in [9.17, 15) is 4.79 Å². The van der Waals surface area contributed by atoms with Crippen LogP contribution in [0.5, 0.6) is 0 Å². The Morgan fingerprint density at radius 1 is 1.00 bits per heavy atom. The molecule has 1 aliphatic heterocycles. The van der Waals surface area contributed by atoms with Gasteiger partial charge in [0.1, 0.15) is 0 Å². The number of rotatable bonds is 7. The van der Waals surface area contributed by atoms with Crippen molar-refractivity contribution in [2.45, 2.75) is 45.4 Å². The van der Waals surface area contributed by atoms with E-state index in [0.717, 1.165) is 24.2 Å². The van der Waals surface area contributed by atoms with E-state index >= 15 is 0 Å². The standard InChI is InChI=1S/C24H32N2O/c1-19(2)23(21-11-5-3-6-12-21)24(27)25-22-13-9-10-20(18-22)14-17-26-15-7-4-8-16-26/h3,5-6,9-13,18-19,23H,4,7-8,14-17H2,1-2H3,(H,25,27). The zero-order valence-electron chi connectivity index (χ0n) is 16.7. The maximum atomic E-state index is 13.0. The predicted octanol–water partition coefficient (Wildman–Crippen LogP) is 5.09. The van der Waals surface area contributed by atoms with Gasteiger partial charge in [-0.1, -0.05) is 62.7 Å². The maximum Gasteiger partial charge on any atom is 0.232 e. The van der Waals surface area contributed by atoms with Crippen molar-refractivity contribution in [2.24, 2.45) is 5.92 Å². The molecule has 1 amide bonds. The zero-order valence-corrected chi connectivity index (χ0v) is 16.7. The number of amides is 1. The Bertz CT molecular complexity index is 720. The molecule has 0 spiro atoms. The lowest BCUT2D eigenvalue weighted by atomic mass is 9.87. The van der Waals surface area contributed by atoms with Crippen molar-refractivity contribution in [3.63, 3.8) is 0 Å². The van der Waals surface area contributed by atoms with E-state index < -0.39 is 0 Å². The van der Waals surface area contributed by atoms with Crippen LogP contribution in [0.3, 0.4) is 0 Å². The van der Waals surface area contributed by atoms with E-state index in [1.54, 1.807) is 0 Å². The molecule has 1 saturated heterocycles. The van der Waals surface area contributed by atoms with E-state index in [1.807, 2.05) is 42.5 Å². The number of likely N-dealkylation sites (tertiary alicyclic amines) is 1. The van der Waals surface area contributed by atoms with E-state index in [2.05, 4.69) is 36.2 Å². The highest BCUT2D eigenvalue weighted by Gasteiger charge is 2.24. The molecule has 27 heavy (non-hydrogen) atoms. The first-order chi connectivity index (χ1) is 13.1. The van der Waals surface area contributed by atoms with Crippen LogP contribution < -0.4 is 5.32 Å². The molecule has 1 atom stereocenters. The molecule has 0 aliphatic carbocycles. The van der Waals surface area contributed by atoms with Gasteiger partial charge in [0.05, 0.1) is 5.92 Å². The summed E-state index contributed by atoms with van der Waals surface area (Å²) in [6.07, 6.45) is 5.06. The lowest BCUT2D eigenvalue weighted by Crippen LogP contribution is -2.31. The van der Waals surface area contributed by atoms with Gasteiger partial charge in [0.2, 0.25) is 5.91 Å². The lowest BCUT2D eigenvalue weighted by Gasteiger charge is -2.26. The summed E-state index contributed by atoms with van der Waals surface area (Å²) < 4.78 is 0. The third-order valence-corrected chi connectivity index (χ3v) is 5.47. The van der Waals surface area contributed by atoms with Crippen LogP contribution in [0, 0.1) is 5.92 Å². The molecule has 0 aromatic heterocycles. The van der Waals surface area contributed by atoms with Gasteiger partial charge in [-0.15, -0.1) is 0 Å². The smallest absolute Gasteiger partial charge is 0.232 e. The third kappa shape index (κ3) is 5.67. The molecule has 0 radical (unpaired) electrons. The molecule has 2 aromatic rings. The second-order valence-electron chi connectivity index (χ2n) is 7.97. The molecule has 0 bridgehead atoms. The van der Waals surface area contributed by atoms with Crippen molar-refractivity contribution in [3.8, 4) is 0 Å². The number of nitrogens with one attached hydrogen (secondary N) is 1. The van der Waals surface area contributed by atoms with Crippen LogP contribution in [0.4, 0.5) is 5.69 Å². The summed E-state index contributed by atoms with van der Waals surface area (Å²) in [5.41, 5.74) is 3.27. The second-order valence-corrected chi connectivity index (χ2v) is 7.97. The molecule has 3 heteroatoms. The normalized spacial score (nSPS) is 16.3. The van der Waals surface area contributed by atoms with Crippen LogP contribution in [0.25, 0.3) is 0 Å². The van der Waals surface area contributed by atoms with Crippen molar-refractivity contribution in [2.75, 3.05) is 25.0 Å². The van der Waals surface area contributed by atoms with Crippen molar-refractivity contribution in [1.29, 1.82) is 0 Å². The summed E-state index contributed by atoms with van der Waals surface area (Å²) in [7, 11) is 0. The van der Waals surface area contributed by atoms with Gasteiger partial charge < -0.3 is 10.2 Å². The van der Waals surface area contributed by atoms with Crippen LogP contribution in [-0.4, -0.2) is 30.4 Å². The SMILES string of the molecule is CC(C)C(C(=O)Nc1cccc(CCN2CCCCC2)c1)c1ccccc1. The number of hydrogen-bond acceptors (Lipinski definition) is 2. The molecular weight excluding hydrogens is 332 g/mol. The van der Waals surface area contributed by atoms with Crippen molar-refractivity contribution >= 4 is 11.6 Å². The Kier molecular flexibility index (Phi) is 7.05. The van der Waals surface area contributed by atoms with Gasteiger partial charge in [0.25, 0.3) is 0 Å². The Labute approximate surface area is 163 Å². The van der Waals surface area contributed by atoms with Crippen LogP contribution in [0.1, 0.15) is 50.2 Å². The Hall–Kier alpha value is -2.13. The first kappa shape index (κ1) is 19.6. The van der Waals surface area contributed by atoms with Crippen LogP contribution >= 0.6 is 0 Å². The monoisotopic (exact) mass is 364 g/mol. The number of anilines is 1. The molecule has 2 aromatic carbocycles. The highest BCUT2D eigenvalue weighted by Crippen LogP contribution is 2.26. The quantitative estimate of drug-likeness (QED) is 0.742. The summed E-state index contributed by atoms with van der Waals surface area (Å²) in [6, 6.07) is 18.4. The van der Waals surface area contributed by atoms with E-state index in [-0.39, 0.29) is 17.7 Å². The molecule has 1 N–H and O–H groups in total. The molecule has 144 valence electrons. The molecule has 1 aliphatic rings. The molecule has 3 nitrogen and oxygen atoms in total. The molecular formula is C24H32N2O. The number of carbonyl (C=O) groups is 1. The third-order valence-electron chi connectivity index (χ3n) is 5.47. The van der Waals surface area contributed by atoms with Gasteiger partial charge in [-0.2, -0.15) is 0 Å². The van der Waals surface area contributed by atoms with Gasteiger partial charge in [0.15, 0.2) is 0 Å². The van der Waals surface area contributed by atoms with E-state index in [4.69, 9.17) is 0 Å². The topological polar surface area (TPSA) is 32.3 Å². The number of piperidine rings is 1. The highest BCUT2D eigenvalue weighted by molar-refractivity contribution is 5.96. The minimum Gasteiger partial charge on any atom is -0.326 e. The maximum absolute atomic E-state index is 13.0. The number of hydrogen-bond donors (Lipinski definition) is 1. The van der Waals surface area contributed by atoms with E-state index in [0.29, 0.717) is 0 Å². The van der Waals surface area contributed by atoms with Crippen molar-refractivity contribution in [3.05, 3.63) is 65.7 Å². The molecule has 3 rings (SSSR count). The second kappa shape index (κ2) is 9.70. The summed E-state index contributed by atoms with van der Waals surface area (Å²) >= 11 is 0. The minimum atomic E-state index is -0.136. The van der Waals surface area contributed by atoms with Gasteiger partial charge in [-0.3, -0.25) is 4.79 Å². The van der Waals surface area contributed by atoms with Gasteiger partial charge >= 0.3 is 0 Å². The van der Waals surface area contributed by atoms with Crippen LogP contribution in [0.15, 0.2) is 54.6 Å². The molecule has 0 saturated carbocycles. The van der Waals surface area contributed by atoms with Crippen LogP contribution in [-0.2, 0) is 11.2 Å². The summed E-state index contributed by atoms with van der Waals surface area (Å²) in [5, 5.41) is 3.15. The Morgan fingerprint density at radius 3 is 2.44 bits per heavy atom. The fourth-order valence-electron chi connectivity index (χ4n) is 3.99. The highest BCUT2D eigenvalue weighted by atomic mass is 16.1. The van der Waals surface area contributed by atoms with Gasteiger partial charge in [0, 0.05) is 12.2 Å². The number of carbonyl (C=O) groups excluding carboxylic acids is 1. The largest absolute Gasteiger partial charge is 0.326 e.